The summed E-state index contributed by atoms with van der Waals surface area (Å²) in [5, 5.41) is 0. The van der Waals surface area contributed by atoms with Crippen LogP contribution < -0.4 is 9.44 Å². The third-order valence-corrected chi connectivity index (χ3v) is 3.16. The lowest BCUT2D eigenvalue weighted by Gasteiger charge is -2.26. The number of hydrogen-bond acceptors (Lipinski definition) is 4. The maximum atomic E-state index is 12.0. The minimum absolute atomic E-state index is 0.498. The van der Waals surface area contributed by atoms with Crippen LogP contribution in [0.15, 0.2) is 0 Å². The normalized spacial score (nSPS) is 15.1. The zero-order valence-electron chi connectivity index (χ0n) is 12.5. The standard InChI is InChI=1S/C11H21F3N2O4S/c1-7(2)8(9(17)20-10(3,4)5)16-21(18,19)15-6-11(12,13)14/h7-8,15-16H,6H2,1-5H3/t8-/m1/s1. The van der Waals surface area contributed by atoms with Crippen molar-refractivity contribution in [3.8, 4) is 0 Å². The van der Waals surface area contributed by atoms with Crippen molar-refractivity contribution < 1.29 is 31.1 Å². The van der Waals surface area contributed by atoms with E-state index in [0.717, 1.165) is 0 Å². The number of rotatable bonds is 6. The highest BCUT2D eigenvalue weighted by Gasteiger charge is 2.34. The lowest BCUT2D eigenvalue weighted by atomic mass is 10.1. The Morgan fingerprint density at radius 1 is 1.19 bits per heavy atom. The fourth-order valence-electron chi connectivity index (χ4n) is 1.21. The molecular formula is C11H21F3N2O4S. The summed E-state index contributed by atoms with van der Waals surface area (Å²) in [6.45, 7) is 6.15. The molecule has 0 rings (SSSR count). The molecule has 0 aliphatic carbocycles. The SMILES string of the molecule is CC(C)[C@@H](NS(=O)(=O)NCC(F)(F)F)C(=O)OC(C)(C)C. The zero-order valence-corrected chi connectivity index (χ0v) is 13.4. The molecule has 2 N–H and O–H groups in total. The van der Waals surface area contributed by atoms with E-state index in [1.807, 2.05) is 4.72 Å². The van der Waals surface area contributed by atoms with Crippen molar-refractivity contribution in [2.24, 2.45) is 5.92 Å². The largest absolute Gasteiger partial charge is 0.459 e. The van der Waals surface area contributed by atoms with Gasteiger partial charge in [0, 0.05) is 0 Å². The number of halogens is 3. The molecule has 0 aromatic carbocycles. The van der Waals surface area contributed by atoms with Crippen molar-refractivity contribution in [1.82, 2.24) is 9.44 Å². The molecule has 0 aromatic heterocycles. The molecule has 0 fully saturated rings. The molecule has 0 spiro atoms. The van der Waals surface area contributed by atoms with Gasteiger partial charge in [-0.2, -0.15) is 31.0 Å². The lowest BCUT2D eigenvalue weighted by molar-refractivity contribution is -0.158. The van der Waals surface area contributed by atoms with Crippen LogP contribution in [0.2, 0.25) is 0 Å². The first kappa shape index (κ1) is 20.1. The highest BCUT2D eigenvalue weighted by Crippen LogP contribution is 2.14. The highest BCUT2D eigenvalue weighted by atomic mass is 32.2. The molecular weight excluding hydrogens is 313 g/mol. The van der Waals surface area contributed by atoms with Crippen LogP contribution >= 0.6 is 0 Å². The molecule has 0 saturated heterocycles. The van der Waals surface area contributed by atoms with Gasteiger partial charge in [-0.25, -0.2) is 0 Å². The number of hydrogen-bond donors (Lipinski definition) is 2. The molecule has 126 valence electrons. The summed E-state index contributed by atoms with van der Waals surface area (Å²) in [4.78, 5) is 11.9. The van der Waals surface area contributed by atoms with E-state index >= 15 is 0 Å². The van der Waals surface area contributed by atoms with E-state index in [9.17, 15) is 26.4 Å². The van der Waals surface area contributed by atoms with Gasteiger partial charge in [0.15, 0.2) is 0 Å². The van der Waals surface area contributed by atoms with Crippen molar-refractivity contribution >= 4 is 16.2 Å². The van der Waals surface area contributed by atoms with Gasteiger partial charge in [-0.05, 0) is 26.7 Å². The first-order valence-corrected chi connectivity index (χ1v) is 7.68. The minimum atomic E-state index is -4.69. The molecule has 0 radical (unpaired) electrons. The molecule has 0 heterocycles. The predicted octanol–water partition coefficient (Wildman–Crippen LogP) is 1.34. The van der Waals surface area contributed by atoms with Gasteiger partial charge in [0.25, 0.3) is 10.2 Å². The van der Waals surface area contributed by atoms with Crippen LogP contribution in [0.5, 0.6) is 0 Å². The fourth-order valence-corrected chi connectivity index (χ4v) is 2.35. The quantitative estimate of drug-likeness (QED) is 0.718. The molecule has 0 bridgehead atoms. The molecule has 0 aliphatic heterocycles. The second-order valence-electron chi connectivity index (χ2n) is 5.81. The number of alkyl halides is 3. The van der Waals surface area contributed by atoms with Crippen LogP contribution in [0, 0.1) is 5.92 Å². The van der Waals surface area contributed by atoms with E-state index in [0.29, 0.717) is 0 Å². The van der Waals surface area contributed by atoms with Gasteiger partial charge >= 0.3 is 12.1 Å². The molecule has 0 aliphatic rings. The van der Waals surface area contributed by atoms with Gasteiger partial charge in [-0.15, -0.1) is 0 Å². The molecule has 0 saturated carbocycles. The van der Waals surface area contributed by atoms with Crippen LogP contribution in [0.25, 0.3) is 0 Å². The Bertz CT molecular complexity index is 455. The highest BCUT2D eigenvalue weighted by molar-refractivity contribution is 7.87. The first-order chi connectivity index (χ1) is 9.13. The summed E-state index contributed by atoms with van der Waals surface area (Å²) in [6, 6.07) is -1.28. The van der Waals surface area contributed by atoms with Crippen molar-refractivity contribution in [3.63, 3.8) is 0 Å². The molecule has 1 atom stereocenters. The summed E-state index contributed by atoms with van der Waals surface area (Å²) < 4.78 is 67.4. The number of carbonyl (C=O) groups excluding carboxylic acids is 1. The average Bonchev–Trinajstić information content (AvgIpc) is 2.19. The van der Waals surface area contributed by atoms with Crippen LogP contribution in [0.4, 0.5) is 13.2 Å². The Balaban J connectivity index is 4.89. The first-order valence-electron chi connectivity index (χ1n) is 6.19. The van der Waals surface area contributed by atoms with Gasteiger partial charge in [0.2, 0.25) is 0 Å². The van der Waals surface area contributed by atoms with Crippen LogP contribution in [0.3, 0.4) is 0 Å². The van der Waals surface area contributed by atoms with Crippen molar-refractivity contribution in [2.45, 2.75) is 52.4 Å². The van der Waals surface area contributed by atoms with E-state index in [1.54, 1.807) is 34.6 Å². The van der Waals surface area contributed by atoms with E-state index in [-0.39, 0.29) is 0 Å². The van der Waals surface area contributed by atoms with Gasteiger partial charge in [0.05, 0.1) is 0 Å². The molecule has 6 nitrogen and oxygen atoms in total. The van der Waals surface area contributed by atoms with Crippen LogP contribution in [-0.4, -0.2) is 38.8 Å². The van der Waals surface area contributed by atoms with Crippen molar-refractivity contribution in [2.75, 3.05) is 6.54 Å². The lowest BCUT2D eigenvalue weighted by Crippen LogP contribution is -2.52. The van der Waals surface area contributed by atoms with Crippen LogP contribution in [-0.2, 0) is 19.7 Å². The smallest absolute Gasteiger partial charge is 0.402 e. The van der Waals surface area contributed by atoms with Gasteiger partial charge in [-0.3, -0.25) is 4.79 Å². The van der Waals surface area contributed by atoms with Gasteiger partial charge in [-0.1, -0.05) is 13.8 Å². The second-order valence-corrected chi connectivity index (χ2v) is 7.34. The fraction of sp³-hybridized carbons (Fsp3) is 0.909. The molecule has 10 heteroatoms. The summed E-state index contributed by atoms with van der Waals surface area (Å²) in [5.41, 5.74) is -0.838. The minimum Gasteiger partial charge on any atom is -0.459 e. The van der Waals surface area contributed by atoms with E-state index in [2.05, 4.69) is 0 Å². The van der Waals surface area contributed by atoms with E-state index in [1.165, 1.54) is 4.72 Å². The maximum Gasteiger partial charge on any atom is 0.402 e. The molecule has 0 aromatic rings. The van der Waals surface area contributed by atoms with E-state index in [4.69, 9.17) is 4.74 Å². The molecule has 21 heavy (non-hydrogen) atoms. The van der Waals surface area contributed by atoms with Gasteiger partial charge in [0.1, 0.15) is 18.2 Å². The number of esters is 1. The van der Waals surface area contributed by atoms with E-state index < -0.39 is 46.5 Å². The summed E-state index contributed by atoms with van der Waals surface area (Å²) >= 11 is 0. The monoisotopic (exact) mass is 334 g/mol. The summed E-state index contributed by atoms with van der Waals surface area (Å²) in [7, 11) is -4.48. The van der Waals surface area contributed by atoms with Gasteiger partial charge < -0.3 is 4.74 Å². The summed E-state index contributed by atoms with van der Waals surface area (Å²) in [5.74, 6) is -1.35. The maximum absolute atomic E-state index is 12.0. The zero-order chi connectivity index (χ0) is 17.1. The molecule has 0 amide bonds. The number of carbonyl (C=O) groups is 1. The topological polar surface area (TPSA) is 84.5 Å². The third kappa shape index (κ3) is 9.64. The Kier molecular flexibility index (Phi) is 6.64. The Labute approximate surface area is 122 Å². The third-order valence-electron chi connectivity index (χ3n) is 2.07. The predicted molar refractivity (Wildman–Crippen MR) is 70.6 cm³/mol. The van der Waals surface area contributed by atoms with Crippen LogP contribution in [0.1, 0.15) is 34.6 Å². The van der Waals surface area contributed by atoms with Crippen molar-refractivity contribution in [1.29, 1.82) is 0 Å². The number of nitrogens with one attached hydrogen (secondary N) is 2. The second kappa shape index (κ2) is 6.93. The Morgan fingerprint density at radius 2 is 1.67 bits per heavy atom. The Morgan fingerprint density at radius 3 is 2.00 bits per heavy atom. The average molecular weight is 334 g/mol. The molecule has 0 unspecified atom stereocenters. The number of ether oxygens (including phenoxy) is 1. The Hall–Kier alpha value is -0.870. The van der Waals surface area contributed by atoms with Crippen molar-refractivity contribution in [3.05, 3.63) is 0 Å². The summed E-state index contributed by atoms with van der Waals surface area (Å²) in [6.07, 6.45) is -4.69.